The smallest absolute Gasteiger partial charge is 0.242 e. The lowest BCUT2D eigenvalue weighted by atomic mass is 10.2. The van der Waals surface area contributed by atoms with E-state index >= 15 is 0 Å². The minimum Gasteiger partial charge on any atom is -0.399 e. The molecule has 0 aromatic heterocycles. The van der Waals surface area contributed by atoms with Crippen molar-refractivity contribution in [1.82, 2.24) is 4.72 Å². The minimum atomic E-state index is -3.70. The molecule has 1 aromatic carbocycles. The van der Waals surface area contributed by atoms with Crippen LogP contribution in [-0.2, 0) is 10.0 Å². The highest BCUT2D eigenvalue weighted by atomic mass is 35.5. The van der Waals surface area contributed by atoms with Crippen molar-refractivity contribution in [3.63, 3.8) is 0 Å². The Bertz CT molecular complexity index is 517. The Morgan fingerprint density at radius 1 is 1.44 bits per heavy atom. The molecule has 1 aromatic rings. The number of hydrogen-bond acceptors (Lipinski definition) is 4. The molecule has 18 heavy (non-hydrogen) atoms. The molecular weight excluding hydrogens is 276 g/mol. The van der Waals surface area contributed by atoms with Gasteiger partial charge in [-0.3, -0.25) is 0 Å². The number of benzene rings is 1. The Morgan fingerprint density at radius 2 is 2.06 bits per heavy atom. The highest BCUT2D eigenvalue weighted by molar-refractivity contribution is 7.89. The summed E-state index contributed by atoms with van der Waals surface area (Å²) in [5.41, 5.74) is 5.90. The van der Waals surface area contributed by atoms with Gasteiger partial charge in [-0.1, -0.05) is 11.6 Å². The molecule has 1 rings (SSSR count). The lowest BCUT2D eigenvalue weighted by Crippen LogP contribution is -2.34. The molecule has 0 saturated carbocycles. The van der Waals surface area contributed by atoms with E-state index in [9.17, 15) is 13.5 Å². The molecule has 0 amide bonds. The third-order valence-corrected chi connectivity index (χ3v) is 4.37. The Hall–Kier alpha value is -0.820. The van der Waals surface area contributed by atoms with Crippen LogP contribution < -0.4 is 10.5 Å². The van der Waals surface area contributed by atoms with Crippen molar-refractivity contribution >= 4 is 27.3 Å². The van der Waals surface area contributed by atoms with Crippen molar-refractivity contribution in [2.45, 2.75) is 37.3 Å². The van der Waals surface area contributed by atoms with E-state index < -0.39 is 16.1 Å². The van der Waals surface area contributed by atoms with Gasteiger partial charge in [0, 0.05) is 11.7 Å². The van der Waals surface area contributed by atoms with Crippen LogP contribution in [0, 0.1) is 0 Å². The van der Waals surface area contributed by atoms with E-state index in [2.05, 4.69) is 4.72 Å². The highest BCUT2D eigenvalue weighted by Crippen LogP contribution is 2.23. The first-order chi connectivity index (χ1) is 8.22. The molecule has 0 fully saturated rings. The summed E-state index contributed by atoms with van der Waals surface area (Å²) in [4.78, 5) is -0.0178. The molecule has 0 aliphatic rings. The van der Waals surface area contributed by atoms with Gasteiger partial charge in [-0.15, -0.1) is 0 Å². The Kier molecular flexibility index (Phi) is 4.98. The fraction of sp³-hybridized carbons (Fsp3) is 0.455. The third kappa shape index (κ3) is 4.13. The summed E-state index contributed by atoms with van der Waals surface area (Å²) in [5, 5.41) is 9.28. The van der Waals surface area contributed by atoms with Crippen molar-refractivity contribution in [1.29, 1.82) is 0 Å². The number of aliphatic hydroxyl groups excluding tert-OH is 1. The molecule has 4 N–H and O–H groups in total. The van der Waals surface area contributed by atoms with Gasteiger partial charge >= 0.3 is 0 Å². The molecule has 0 heterocycles. The van der Waals surface area contributed by atoms with Crippen molar-refractivity contribution in [2.75, 3.05) is 5.73 Å². The number of sulfonamides is 1. The predicted molar refractivity (Wildman–Crippen MR) is 71.9 cm³/mol. The van der Waals surface area contributed by atoms with Crippen LogP contribution in [0.15, 0.2) is 23.1 Å². The topological polar surface area (TPSA) is 92.4 Å². The van der Waals surface area contributed by atoms with Gasteiger partial charge in [-0.25, -0.2) is 13.1 Å². The normalized spacial score (nSPS) is 15.3. The molecule has 7 heteroatoms. The van der Waals surface area contributed by atoms with Crippen LogP contribution >= 0.6 is 11.6 Å². The van der Waals surface area contributed by atoms with Gasteiger partial charge in [0.1, 0.15) is 4.90 Å². The molecule has 5 nitrogen and oxygen atoms in total. The van der Waals surface area contributed by atoms with Crippen LogP contribution in [0.25, 0.3) is 0 Å². The van der Waals surface area contributed by atoms with Crippen molar-refractivity contribution < 1.29 is 13.5 Å². The van der Waals surface area contributed by atoms with E-state index in [1.54, 1.807) is 13.8 Å². The average Bonchev–Trinajstić information content (AvgIpc) is 2.13. The minimum absolute atomic E-state index is 0.0178. The van der Waals surface area contributed by atoms with Crippen LogP contribution in [0.3, 0.4) is 0 Å². The summed E-state index contributed by atoms with van der Waals surface area (Å²) in [6.07, 6.45) is -0.254. The number of anilines is 1. The fourth-order valence-electron chi connectivity index (χ4n) is 1.62. The monoisotopic (exact) mass is 292 g/mol. The number of nitrogen functional groups attached to an aromatic ring is 1. The second-order valence-corrected chi connectivity index (χ2v) is 6.39. The lowest BCUT2D eigenvalue weighted by molar-refractivity contribution is 0.175. The Morgan fingerprint density at radius 3 is 2.56 bits per heavy atom. The van der Waals surface area contributed by atoms with Crippen molar-refractivity contribution in [2.24, 2.45) is 0 Å². The number of aliphatic hydroxyl groups is 1. The van der Waals surface area contributed by atoms with Gasteiger partial charge in [0.25, 0.3) is 0 Å². The third-order valence-electron chi connectivity index (χ3n) is 2.30. The molecule has 0 spiro atoms. The second-order valence-electron chi connectivity index (χ2n) is 4.30. The van der Waals surface area contributed by atoms with E-state index in [-0.39, 0.29) is 16.0 Å². The van der Waals surface area contributed by atoms with Crippen LogP contribution in [0.4, 0.5) is 5.69 Å². The number of hydrogen-bond donors (Lipinski definition) is 3. The zero-order valence-corrected chi connectivity index (χ0v) is 11.8. The van der Waals surface area contributed by atoms with Crippen molar-refractivity contribution in [3.8, 4) is 0 Å². The first-order valence-corrected chi connectivity index (χ1v) is 7.34. The van der Waals surface area contributed by atoms with Gasteiger partial charge in [-0.2, -0.15) is 0 Å². The SMILES string of the molecule is CC(O)CC(C)NS(=O)(=O)c1ccc(N)cc1Cl. The average molecular weight is 293 g/mol. The maximum Gasteiger partial charge on any atom is 0.242 e. The van der Waals surface area contributed by atoms with Crippen LogP contribution in [0.2, 0.25) is 5.02 Å². The lowest BCUT2D eigenvalue weighted by Gasteiger charge is -2.16. The predicted octanol–water partition coefficient (Wildman–Crippen LogP) is 1.36. The van der Waals surface area contributed by atoms with E-state index in [4.69, 9.17) is 17.3 Å². The number of nitrogens with one attached hydrogen (secondary N) is 1. The number of halogens is 1. The molecule has 0 bridgehead atoms. The van der Waals surface area contributed by atoms with Gasteiger partial charge in [0.05, 0.1) is 11.1 Å². The molecule has 0 aliphatic heterocycles. The largest absolute Gasteiger partial charge is 0.399 e. The maximum atomic E-state index is 12.0. The Balaban J connectivity index is 2.93. The number of rotatable bonds is 5. The molecular formula is C11H17ClN2O3S. The molecule has 2 unspecified atom stereocenters. The Labute approximate surface area is 112 Å². The molecule has 102 valence electrons. The van der Waals surface area contributed by atoms with E-state index in [0.29, 0.717) is 12.1 Å². The van der Waals surface area contributed by atoms with Crippen LogP contribution in [-0.4, -0.2) is 25.7 Å². The van der Waals surface area contributed by atoms with Crippen LogP contribution in [0.5, 0.6) is 0 Å². The quantitative estimate of drug-likeness (QED) is 0.715. The van der Waals surface area contributed by atoms with Crippen LogP contribution in [0.1, 0.15) is 20.3 Å². The standard InChI is InChI=1S/C11H17ClN2O3S/c1-7(5-8(2)15)14-18(16,17)11-4-3-9(13)6-10(11)12/h3-4,6-8,14-15H,5,13H2,1-2H3. The first kappa shape index (κ1) is 15.2. The number of nitrogens with two attached hydrogens (primary N) is 1. The highest BCUT2D eigenvalue weighted by Gasteiger charge is 2.21. The van der Waals surface area contributed by atoms with Gasteiger partial charge in [-0.05, 0) is 38.5 Å². The van der Waals surface area contributed by atoms with E-state index in [1.807, 2.05) is 0 Å². The summed E-state index contributed by atoms with van der Waals surface area (Å²) >= 11 is 5.85. The van der Waals surface area contributed by atoms with Crippen molar-refractivity contribution in [3.05, 3.63) is 23.2 Å². The molecule has 0 saturated heterocycles. The summed E-state index contributed by atoms with van der Waals surface area (Å²) in [5.74, 6) is 0. The molecule has 2 atom stereocenters. The zero-order chi connectivity index (χ0) is 13.9. The fourth-order valence-corrected chi connectivity index (χ4v) is 3.43. The zero-order valence-electron chi connectivity index (χ0n) is 10.2. The van der Waals surface area contributed by atoms with Gasteiger partial charge in [0.15, 0.2) is 0 Å². The molecule has 0 radical (unpaired) electrons. The van der Waals surface area contributed by atoms with Gasteiger partial charge in [0.2, 0.25) is 10.0 Å². The summed E-state index contributed by atoms with van der Waals surface area (Å²) < 4.78 is 26.5. The second kappa shape index (κ2) is 5.88. The summed E-state index contributed by atoms with van der Waals surface area (Å²) in [6, 6.07) is 3.83. The van der Waals surface area contributed by atoms with Gasteiger partial charge < -0.3 is 10.8 Å². The summed E-state index contributed by atoms with van der Waals surface area (Å²) in [7, 11) is -3.70. The maximum absolute atomic E-state index is 12.0. The van der Waals surface area contributed by atoms with E-state index in [0.717, 1.165) is 0 Å². The summed E-state index contributed by atoms with van der Waals surface area (Å²) in [6.45, 7) is 3.27. The molecule has 0 aliphatic carbocycles. The first-order valence-electron chi connectivity index (χ1n) is 5.48. The van der Waals surface area contributed by atoms with E-state index in [1.165, 1.54) is 18.2 Å².